The number of nitrogens with zero attached hydrogens (tertiary/aromatic N) is 2. The molecular weight excluding hydrogens is 394 g/mol. The summed E-state index contributed by atoms with van der Waals surface area (Å²) in [6.07, 6.45) is 5.61. The van der Waals surface area contributed by atoms with Crippen molar-refractivity contribution in [2.24, 2.45) is 0 Å². The summed E-state index contributed by atoms with van der Waals surface area (Å²) in [6.45, 7) is 2.82. The van der Waals surface area contributed by atoms with E-state index < -0.39 is 5.54 Å². The average Bonchev–Trinajstić information content (AvgIpc) is 3.35. The van der Waals surface area contributed by atoms with Gasteiger partial charge in [0, 0.05) is 18.0 Å². The molecule has 3 heterocycles. The van der Waals surface area contributed by atoms with Gasteiger partial charge in [-0.25, -0.2) is 0 Å². The summed E-state index contributed by atoms with van der Waals surface area (Å²) in [5.41, 5.74) is 0.771. The van der Waals surface area contributed by atoms with E-state index in [1.165, 1.54) is 6.42 Å². The third kappa shape index (κ3) is 3.23. The molecule has 0 bridgehead atoms. The van der Waals surface area contributed by atoms with Gasteiger partial charge in [-0.3, -0.25) is 9.59 Å². The normalized spacial score (nSPS) is 22.3. The van der Waals surface area contributed by atoms with Crippen LogP contribution in [0, 0.1) is 0 Å². The zero-order valence-electron chi connectivity index (χ0n) is 17.3. The van der Waals surface area contributed by atoms with Crippen molar-refractivity contribution in [1.29, 1.82) is 0 Å². The first kappa shape index (κ1) is 19.4. The van der Waals surface area contributed by atoms with Crippen LogP contribution in [0.4, 0.5) is 0 Å². The number of thiophene rings is 1. The Morgan fingerprint density at radius 1 is 1.17 bits per heavy atom. The molecule has 0 radical (unpaired) electrons. The fraction of sp³-hybridized carbons (Fsp3) is 0.417. The van der Waals surface area contributed by atoms with Gasteiger partial charge in [0.05, 0.1) is 6.54 Å². The summed E-state index contributed by atoms with van der Waals surface area (Å²) < 4.78 is 2.05. The van der Waals surface area contributed by atoms with Crippen molar-refractivity contribution in [1.82, 2.24) is 14.8 Å². The van der Waals surface area contributed by atoms with Crippen LogP contribution in [0.1, 0.15) is 55.1 Å². The molecule has 1 N–H and O–H groups in total. The number of aromatic nitrogens is 1. The molecule has 5 nitrogen and oxygen atoms in total. The summed E-state index contributed by atoms with van der Waals surface area (Å²) in [5.74, 6) is -0.113. The zero-order valence-corrected chi connectivity index (χ0v) is 18.1. The molecule has 1 fully saturated rings. The Balaban J connectivity index is 1.53. The molecule has 1 aromatic carbocycles. The van der Waals surface area contributed by atoms with Crippen LogP contribution in [0.25, 0.3) is 10.2 Å². The van der Waals surface area contributed by atoms with Gasteiger partial charge in [0.25, 0.3) is 5.91 Å². The number of benzene rings is 1. The van der Waals surface area contributed by atoms with E-state index in [2.05, 4.69) is 5.32 Å². The molecule has 156 valence electrons. The highest BCUT2D eigenvalue weighted by atomic mass is 32.1. The summed E-state index contributed by atoms with van der Waals surface area (Å²) in [6, 6.07) is 14.2. The van der Waals surface area contributed by atoms with E-state index in [1.807, 2.05) is 59.3 Å². The molecule has 2 aromatic heterocycles. The van der Waals surface area contributed by atoms with Crippen LogP contribution >= 0.6 is 11.3 Å². The van der Waals surface area contributed by atoms with Crippen molar-refractivity contribution in [3.63, 3.8) is 0 Å². The molecule has 3 aromatic rings. The van der Waals surface area contributed by atoms with Crippen molar-refractivity contribution in [2.45, 2.75) is 63.7 Å². The van der Waals surface area contributed by atoms with Gasteiger partial charge in [-0.1, -0.05) is 49.6 Å². The predicted octanol–water partition coefficient (Wildman–Crippen LogP) is 4.57. The van der Waals surface area contributed by atoms with Crippen molar-refractivity contribution in [3.8, 4) is 0 Å². The summed E-state index contributed by atoms with van der Waals surface area (Å²) >= 11 is 1.62. The summed E-state index contributed by atoms with van der Waals surface area (Å²) in [5, 5.41) is 6.40. The van der Waals surface area contributed by atoms with Crippen LogP contribution in [0.3, 0.4) is 0 Å². The Bertz CT molecular complexity index is 1080. The number of carbonyl (C=O) groups is 2. The van der Waals surface area contributed by atoms with Gasteiger partial charge in [0.15, 0.2) is 0 Å². The standard InChI is InChI=1S/C24H27N3O2S/c1-24(23(29)25-19-10-6-3-7-11-19)16-26-20(14-18-12-13-30-22(18)26)21(28)27(24)15-17-8-4-2-5-9-17/h2,4-5,8-9,12-14,19H,3,6-7,10-11,15-16H2,1H3,(H,25,29)/t24-/m1/s1. The van der Waals surface area contributed by atoms with Gasteiger partial charge in [-0.2, -0.15) is 0 Å². The second-order valence-electron chi connectivity index (χ2n) is 8.76. The van der Waals surface area contributed by atoms with E-state index in [9.17, 15) is 9.59 Å². The molecule has 2 aliphatic rings. The molecule has 1 saturated carbocycles. The molecule has 1 aliphatic heterocycles. The minimum atomic E-state index is -0.937. The van der Waals surface area contributed by atoms with Crippen molar-refractivity contribution < 1.29 is 9.59 Å². The minimum Gasteiger partial charge on any atom is -0.351 e. The first-order valence-corrected chi connectivity index (χ1v) is 11.7. The topological polar surface area (TPSA) is 54.3 Å². The second-order valence-corrected chi connectivity index (χ2v) is 9.65. The van der Waals surface area contributed by atoms with E-state index in [1.54, 1.807) is 16.2 Å². The molecular formula is C24H27N3O2S. The van der Waals surface area contributed by atoms with E-state index in [4.69, 9.17) is 0 Å². The molecule has 6 heteroatoms. The molecule has 0 unspecified atom stereocenters. The number of fused-ring (bicyclic) bond motifs is 3. The molecule has 1 atom stereocenters. The lowest BCUT2D eigenvalue weighted by Gasteiger charge is -2.44. The largest absolute Gasteiger partial charge is 0.351 e. The first-order valence-electron chi connectivity index (χ1n) is 10.8. The van der Waals surface area contributed by atoms with Crippen LogP contribution in [-0.2, 0) is 17.9 Å². The minimum absolute atomic E-state index is 0.0391. The zero-order chi connectivity index (χ0) is 20.7. The molecule has 2 amide bonds. The number of amides is 2. The summed E-state index contributed by atoms with van der Waals surface area (Å²) in [4.78, 5) is 30.1. The highest BCUT2D eigenvalue weighted by molar-refractivity contribution is 7.16. The Kier molecular flexibility index (Phi) is 4.89. The molecule has 1 aliphatic carbocycles. The maximum Gasteiger partial charge on any atom is 0.271 e. The lowest BCUT2D eigenvalue weighted by atomic mass is 9.91. The van der Waals surface area contributed by atoms with E-state index in [0.717, 1.165) is 41.5 Å². The molecule has 5 rings (SSSR count). The second kappa shape index (κ2) is 7.58. The fourth-order valence-corrected chi connectivity index (χ4v) is 5.76. The molecule has 0 spiro atoms. The van der Waals surface area contributed by atoms with E-state index in [-0.39, 0.29) is 17.9 Å². The molecule has 30 heavy (non-hydrogen) atoms. The number of hydrogen-bond acceptors (Lipinski definition) is 3. The van der Waals surface area contributed by atoms with Gasteiger partial charge >= 0.3 is 0 Å². The van der Waals surface area contributed by atoms with Crippen LogP contribution in [0.15, 0.2) is 47.8 Å². The summed E-state index contributed by atoms with van der Waals surface area (Å²) in [7, 11) is 0. The van der Waals surface area contributed by atoms with Gasteiger partial charge in [-0.15, -0.1) is 11.3 Å². The van der Waals surface area contributed by atoms with Gasteiger partial charge in [-0.05, 0) is 42.8 Å². The highest BCUT2D eigenvalue weighted by Crippen LogP contribution is 2.35. The lowest BCUT2D eigenvalue weighted by Crippen LogP contribution is -2.64. The maximum atomic E-state index is 13.6. The highest BCUT2D eigenvalue weighted by Gasteiger charge is 2.48. The Labute approximate surface area is 180 Å². The number of nitrogens with one attached hydrogen (secondary N) is 1. The fourth-order valence-electron chi connectivity index (χ4n) is 4.86. The Morgan fingerprint density at radius 3 is 2.70 bits per heavy atom. The van der Waals surface area contributed by atoms with Crippen LogP contribution < -0.4 is 5.32 Å². The molecule has 0 saturated heterocycles. The van der Waals surface area contributed by atoms with Gasteiger partial charge in [0.2, 0.25) is 5.91 Å². The first-order chi connectivity index (χ1) is 14.6. The van der Waals surface area contributed by atoms with E-state index in [0.29, 0.717) is 18.8 Å². The average molecular weight is 422 g/mol. The van der Waals surface area contributed by atoms with Gasteiger partial charge in [0.1, 0.15) is 16.1 Å². The number of hydrogen-bond donors (Lipinski definition) is 1. The maximum absolute atomic E-state index is 13.6. The quantitative estimate of drug-likeness (QED) is 0.671. The van der Waals surface area contributed by atoms with Gasteiger partial charge < -0.3 is 14.8 Å². The van der Waals surface area contributed by atoms with Crippen molar-refractivity contribution in [3.05, 3.63) is 59.1 Å². The van der Waals surface area contributed by atoms with Crippen LogP contribution in [0.2, 0.25) is 0 Å². The van der Waals surface area contributed by atoms with Crippen LogP contribution in [0.5, 0.6) is 0 Å². The third-order valence-electron chi connectivity index (χ3n) is 6.64. The monoisotopic (exact) mass is 421 g/mol. The Hall–Kier alpha value is -2.60. The van der Waals surface area contributed by atoms with E-state index >= 15 is 0 Å². The SMILES string of the molecule is C[C@]1(C(=O)NC2CCCCC2)Cn2c(cc3ccsc32)C(=O)N1Cc1ccccc1. The van der Waals surface area contributed by atoms with Crippen molar-refractivity contribution >= 4 is 33.4 Å². The smallest absolute Gasteiger partial charge is 0.271 e. The van der Waals surface area contributed by atoms with Crippen LogP contribution in [-0.4, -0.2) is 32.9 Å². The van der Waals surface area contributed by atoms with Crippen molar-refractivity contribution in [2.75, 3.05) is 0 Å². The lowest BCUT2D eigenvalue weighted by molar-refractivity contribution is -0.134. The number of carbonyl (C=O) groups excluding carboxylic acids is 2. The predicted molar refractivity (Wildman–Crippen MR) is 120 cm³/mol. The Morgan fingerprint density at radius 2 is 1.93 bits per heavy atom. The number of rotatable bonds is 4. The third-order valence-corrected chi connectivity index (χ3v) is 7.59.